The predicted molar refractivity (Wildman–Crippen MR) is 108 cm³/mol. The lowest BCUT2D eigenvalue weighted by Gasteiger charge is -2.33. The van der Waals surface area contributed by atoms with Gasteiger partial charge < -0.3 is 15.0 Å². The molecule has 3 aromatic rings. The van der Waals surface area contributed by atoms with E-state index in [1.165, 1.54) is 12.5 Å². The normalized spacial score (nSPS) is 18.9. The van der Waals surface area contributed by atoms with Gasteiger partial charge in [0.2, 0.25) is 0 Å². The van der Waals surface area contributed by atoms with Gasteiger partial charge in [-0.2, -0.15) is 0 Å². The fraction of sp³-hybridized carbons (Fsp3) is 0.429. The molecule has 2 aliphatic rings. The number of rotatable bonds is 3. The quantitative estimate of drug-likeness (QED) is 0.751. The van der Waals surface area contributed by atoms with E-state index >= 15 is 0 Å². The molecule has 2 aliphatic heterocycles. The average Bonchev–Trinajstić information content (AvgIpc) is 3.33. The van der Waals surface area contributed by atoms with Gasteiger partial charge in [-0.05, 0) is 48.9 Å². The van der Waals surface area contributed by atoms with Crippen LogP contribution >= 0.6 is 0 Å². The summed E-state index contributed by atoms with van der Waals surface area (Å²) in [5.41, 5.74) is 3.36. The second-order valence-electron chi connectivity index (χ2n) is 7.88. The number of ether oxygens (including phenoxy) is 1. The van der Waals surface area contributed by atoms with Crippen molar-refractivity contribution >= 4 is 22.4 Å². The van der Waals surface area contributed by atoms with Crippen LogP contribution in [0.2, 0.25) is 0 Å². The Hall–Kier alpha value is -2.67. The van der Waals surface area contributed by atoms with Crippen molar-refractivity contribution in [3.05, 3.63) is 42.5 Å². The predicted octanol–water partition coefficient (Wildman–Crippen LogP) is 3.61. The zero-order valence-electron chi connectivity index (χ0n) is 16.0. The van der Waals surface area contributed by atoms with Crippen LogP contribution in [0.4, 0.5) is 15.8 Å². The van der Waals surface area contributed by atoms with E-state index in [4.69, 9.17) is 4.74 Å². The standard InChI is InChI=1S/C21H24FN5O/c1-23-16-2-3-18(22)19(11-16)27-13-15-10-17(12-24-20(15)25-27)26-7-4-21(14-26)5-8-28-9-6-21/h2-3,10-13,23H,4-9,14H2,1H3. The lowest BCUT2D eigenvalue weighted by atomic mass is 9.80. The molecule has 0 saturated carbocycles. The van der Waals surface area contributed by atoms with Gasteiger partial charge >= 0.3 is 0 Å². The summed E-state index contributed by atoms with van der Waals surface area (Å²) in [4.78, 5) is 6.96. The van der Waals surface area contributed by atoms with E-state index in [2.05, 4.69) is 26.4 Å². The fourth-order valence-corrected chi connectivity index (χ4v) is 4.41. The van der Waals surface area contributed by atoms with Gasteiger partial charge in [-0.25, -0.2) is 14.1 Å². The van der Waals surface area contributed by atoms with Crippen molar-refractivity contribution < 1.29 is 9.13 Å². The fourth-order valence-electron chi connectivity index (χ4n) is 4.41. The molecule has 1 spiro atoms. The first-order chi connectivity index (χ1) is 13.7. The summed E-state index contributed by atoms with van der Waals surface area (Å²) in [5.74, 6) is -0.312. The Morgan fingerprint density at radius 2 is 2.04 bits per heavy atom. The minimum Gasteiger partial charge on any atom is -0.388 e. The molecule has 0 bridgehead atoms. The molecule has 146 valence electrons. The molecule has 4 heterocycles. The van der Waals surface area contributed by atoms with Gasteiger partial charge in [0.1, 0.15) is 11.5 Å². The molecule has 6 nitrogen and oxygen atoms in total. The Labute approximate surface area is 163 Å². The molecule has 0 amide bonds. The number of halogens is 1. The van der Waals surface area contributed by atoms with E-state index in [-0.39, 0.29) is 5.82 Å². The van der Waals surface area contributed by atoms with E-state index < -0.39 is 0 Å². The maximum atomic E-state index is 14.3. The van der Waals surface area contributed by atoms with Gasteiger partial charge in [0.05, 0.1) is 11.9 Å². The largest absolute Gasteiger partial charge is 0.388 e. The van der Waals surface area contributed by atoms with Crippen molar-refractivity contribution in [1.82, 2.24) is 14.8 Å². The number of hydrogen-bond donors (Lipinski definition) is 1. The van der Waals surface area contributed by atoms with Gasteiger partial charge in [0, 0.05) is 50.6 Å². The zero-order valence-corrected chi connectivity index (χ0v) is 16.0. The van der Waals surface area contributed by atoms with Crippen molar-refractivity contribution in [3.8, 4) is 5.69 Å². The van der Waals surface area contributed by atoms with Crippen LogP contribution in [0.5, 0.6) is 0 Å². The first kappa shape index (κ1) is 17.4. The number of benzene rings is 1. The molecule has 2 aromatic heterocycles. The summed E-state index contributed by atoms with van der Waals surface area (Å²) in [7, 11) is 1.81. The third-order valence-corrected chi connectivity index (χ3v) is 6.18. The summed E-state index contributed by atoms with van der Waals surface area (Å²) in [5, 5.41) is 8.42. The third kappa shape index (κ3) is 2.99. The molecule has 2 saturated heterocycles. The highest BCUT2D eigenvalue weighted by molar-refractivity contribution is 5.78. The number of hydrogen-bond acceptors (Lipinski definition) is 5. The van der Waals surface area contributed by atoms with Crippen LogP contribution < -0.4 is 10.2 Å². The smallest absolute Gasteiger partial charge is 0.181 e. The van der Waals surface area contributed by atoms with Gasteiger partial charge in [-0.1, -0.05) is 0 Å². The van der Waals surface area contributed by atoms with Crippen molar-refractivity contribution in [2.45, 2.75) is 19.3 Å². The first-order valence-corrected chi connectivity index (χ1v) is 9.82. The lowest BCUT2D eigenvalue weighted by molar-refractivity contribution is 0.0254. The van der Waals surface area contributed by atoms with Gasteiger partial charge in [0.25, 0.3) is 0 Å². The number of pyridine rings is 1. The van der Waals surface area contributed by atoms with Gasteiger partial charge in [0.15, 0.2) is 5.65 Å². The molecule has 0 aliphatic carbocycles. The summed E-state index contributed by atoms with van der Waals surface area (Å²) in [6.45, 7) is 3.83. The minimum absolute atomic E-state index is 0.312. The number of aromatic nitrogens is 3. The van der Waals surface area contributed by atoms with Crippen LogP contribution in [0, 0.1) is 11.2 Å². The van der Waals surface area contributed by atoms with Crippen molar-refractivity contribution in [2.75, 3.05) is 43.6 Å². The molecule has 2 fully saturated rings. The monoisotopic (exact) mass is 381 g/mol. The topological polar surface area (TPSA) is 55.2 Å². The summed E-state index contributed by atoms with van der Waals surface area (Å²) in [6, 6.07) is 7.02. The summed E-state index contributed by atoms with van der Waals surface area (Å²) in [6.07, 6.45) is 7.22. The number of fused-ring (bicyclic) bond motifs is 1. The summed E-state index contributed by atoms with van der Waals surface area (Å²) < 4.78 is 21.4. The Morgan fingerprint density at radius 1 is 1.18 bits per heavy atom. The Kier molecular flexibility index (Phi) is 4.19. The molecule has 7 heteroatoms. The zero-order chi connectivity index (χ0) is 19.1. The van der Waals surface area contributed by atoms with Gasteiger partial charge in [-0.3, -0.25) is 0 Å². The second kappa shape index (κ2) is 6.74. The van der Waals surface area contributed by atoms with Crippen molar-refractivity contribution in [2.24, 2.45) is 5.41 Å². The summed E-state index contributed by atoms with van der Waals surface area (Å²) >= 11 is 0. The average molecular weight is 381 g/mol. The Balaban J connectivity index is 1.45. The van der Waals surface area contributed by atoms with E-state index in [0.717, 1.165) is 55.9 Å². The molecule has 0 unspecified atom stereocenters. The molecule has 28 heavy (non-hydrogen) atoms. The highest BCUT2D eigenvalue weighted by atomic mass is 19.1. The van der Waals surface area contributed by atoms with Crippen molar-refractivity contribution in [3.63, 3.8) is 0 Å². The Bertz CT molecular complexity index is 1010. The minimum atomic E-state index is -0.312. The van der Waals surface area contributed by atoms with Crippen LogP contribution in [-0.4, -0.2) is 48.1 Å². The SMILES string of the molecule is CNc1ccc(F)c(-n2cc3cc(N4CCC5(CCOCC5)C4)cnc3n2)c1. The van der Waals surface area contributed by atoms with E-state index in [1.807, 2.05) is 19.4 Å². The van der Waals surface area contributed by atoms with Crippen LogP contribution in [0.3, 0.4) is 0 Å². The second-order valence-corrected chi connectivity index (χ2v) is 7.88. The molecule has 1 N–H and O–H groups in total. The highest BCUT2D eigenvalue weighted by Crippen LogP contribution is 2.41. The number of nitrogens with one attached hydrogen (secondary N) is 1. The van der Waals surface area contributed by atoms with Crippen molar-refractivity contribution in [1.29, 1.82) is 0 Å². The third-order valence-electron chi connectivity index (χ3n) is 6.18. The number of anilines is 2. The van der Waals surface area contributed by atoms with E-state index in [9.17, 15) is 4.39 Å². The lowest BCUT2D eigenvalue weighted by Crippen LogP contribution is -2.33. The molecule has 0 radical (unpaired) electrons. The van der Waals surface area contributed by atoms with Crippen LogP contribution in [0.25, 0.3) is 16.7 Å². The molecule has 1 aromatic carbocycles. The van der Waals surface area contributed by atoms with E-state index in [0.29, 0.717) is 16.7 Å². The first-order valence-electron chi connectivity index (χ1n) is 9.82. The highest BCUT2D eigenvalue weighted by Gasteiger charge is 2.39. The van der Waals surface area contributed by atoms with E-state index in [1.54, 1.807) is 16.8 Å². The molecule has 5 rings (SSSR count). The van der Waals surface area contributed by atoms with Crippen LogP contribution in [0.1, 0.15) is 19.3 Å². The molecular weight excluding hydrogens is 357 g/mol. The number of nitrogens with zero attached hydrogens (tertiary/aromatic N) is 4. The van der Waals surface area contributed by atoms with Crippen LogP contribution in [-0.2, 0) is 4.74 Å². The molecular formula is C21H24FN5O. The Morgan fingerprint density at radius 3 is 2.86 bits per heavy atom. The molecule has 0 atom stereocenters. The van der Waals surface area contributed by atoms with Crippen LogP contribution in [0.15, 0.2) is 36.7 Å². The van der Waals surface area contributed by atoms with Gasteiger partial charge in [-0.15, -0.1) is 5.10 Å². The maximum absolute atomic E-state index is 14.3. The maximum Gasteiger partial charge on any atom is 0.181 e.